The van der Waals surface area contributed by atoms with E-state index in [4.69, 9.17) is 5.73 Å². The monoisotopic (exact) mass is 321 g/mol. The molecule has 2 N–H and O–H groups in total. The van der Waals surface area contributed by atoms with Crippen molar-refractivity contribution in [2.75, 3.05) is 0 Å². The van der Waals surface area contributed by atoms with Crippen LogP contribution in [0.25, 0.3) is 0 Å². The van der Waals surface area contributed by atoms with Crippen LogP contribution in [0.4, 0.5) is 0 Å². The first-order valence-corrected chi connectivity index (χ1v) is 7.59. The number of hydrogen-bond donors (Lipinski definition) is 1. The van der Waals surface area contributed by atoms with Gasteiger partial charge < -0.3 is 5.73 Å². The van der Waals surface area contributed by atoms with Gasteiger partial charge in [-0.3, -0.25) is 0 Å². The zero-order valence-corrected chi connectivity index (χ0v) is 12.7. The molecule has 1 atom stereocenters. The molecule has 2 aromatic rings. The van der Waals surface area contributed by atoms with Crippen molar-refractivity contribution in [3.63, 3.8) is 0 Å². The van der Waals surface area contributed by atoms with Gasteiger partial charge in [-0.1, -0.05) is 58.9 Å². The third-order valence-electron chi connectivity index (χ3n) is 2.78. The molecule has 2 aromatic carbocycles. The van der Waals surface area contributed by atoms with Gasteiger partial charge in [0, 0.05) is 20.3 Å². The van der Waals surface area contributed by atoms with Crippen molar-refractivity contribution in [3.8, 4) is 0 Å². The highest BCUT2D eigenvalue weighted by Gasteiger charge is 2.09. The Labute approximate surface area is 121 Å². The van der Waals surface area contributed by atoms with E-state index < -0.39 is 0 Å². The Morgan fingerprint density at radius 3 is 2.67 bits per heavy atom. The number of benzene rings is 2. The van der Waals surface area contributed by atoms with Crippen LogP contribution in [0.3, 0.4) is 0 Å². The summed E-state index contributed by atoms with van der Waals surface area (Å²) in [6, 6.07) is 16.8. The number of hydrogen-bond acceptors (Lipinski definition) is 2. The fourth-order valence-corrected chi connectivity index (χ4v) is 3.38. The van der Waals surface area contributed by atoms with Gasteiger partial charge in [-0.15, -0.1) is 0 Å². The lowest BCUT2D eigenvalue weighted by atomic mass is 10.1. The lowest BCUT2D eigenvalue weighted by Crippen LogP contribution is -2.09. The number of halogens is 1. The van der Waals surface area contributed by atoms with Crippen molar-refractivity contribution in [2.24, 2.45) is 5.73 Å². The Morgan fingerprint density at radius 1 is 1.17 bits per heavy atom. The molecule has 0 bridgehead atoms. The molecule has 0 fully saturated rings. The van der Waals surface area contributed by atoms with Crippen molar-refractivity contribution in [3.05, 3.63) is 58.6 Å². The maximum atomic E-state index is 6.16. The molecule has 18 heavy (non-hydrogen) atoms. The van der Waals surface area contributed by atoms with E-state index >= 15 is 0 Å². The Bertz CT molecular complexity index is 527. The summed E-state index contributed by atoms with van der Waals surface area (Å²) in [6.07, 6.45) is 0.954. The van der Waals surface area contributed by atoms with Crippen LogP contribution >= 0.6 is 27.7 Å². The normalized spacial score (nSPS) is 12.4. The smallest absolute Gasteiger partial charge is 0.0303 e. The van der Waals surface area contributed by atoms with Crippen LogP contribution in [0.2, 0.25) is 0 Å². The van der Waals surface area contributed by atoms with Crippen LogP contribution < -0.4 is 5.73 Å². The lowest BCUT2D eigenvalue weighted by Gasteiger charge is -2.14. The average Bonchev–Trinajstić information content (AvgIpc) is 2.38. The summed E-state index contributed by atoms with van der Waals surface area (Å²) in [5.74, 6) is 0. The zero-order chi connectivity index (χ0) is 13.0. The molecule has 0 aliphatic rings. The second-order valence-electron chi connectivity index (χ2n) is 4.11. The topological polar surface area (TPSA) is 26.0 Å². The SMILES string of the molecule is CC[C@H](N)c1ccccc1Sc1cccc(Br)c1. The predicted octanol–water partition coefficient (Wildman–Crippen LogP) is 5.01. The molecule has 1 nitrogen and oxygen atoms in total. The second kappa shape index (κ2) is 6.41. The Kier molecular flexibility index (Phi) is 4.87. The molecule has 0 amide bonds. The second-order valence-corrected chi connectivity index (χ2v) is 6.14. The molecule has 0 heterocycles. The van der Waals surface area contributed by atoms with E-state index in [1.165, 1.54) is 15.4 Å². The Balaban J connectivity index is 2.29. The van der Waals surface area contributed by atoms with E-state index in [2.05, 4.69) is 65.3 Å². The summed E-state index contributed by atoms with van der Waals surface area (Å²) in [5, 5.41) is 0. The van der Waals surface area contributed by atoms with Gasteiger partial charge in [0.15, 0.2) is 0 Å². The van der Waals surface area contributed by atoms with Crippen molar-refractivity contribution >= 4 is 27.7 Å². The summed E-state index contributed by atoms with van der Waals surface area (Å²) in [7, 11) is 0. The van der Waals surface area contributed by atoms with Gasteiger partial charge in [-0.25, -0.2) is 0 Å². The third kappa shape index (κ3) is 3.37. The van der Waals surface area contributed by atoms with Gasteiger partial charge in [0.05, 0.1) is 0 Å². The molecule has 0 aliphatic carbocycles. The first-order chi connectivity index (χ1) is 8.70. The highest BCUT2D eigenvalue weighted by Crippen LogP contribution is 2.34. The fourth-order valence-electron chi connectivity index (χ4n) is 1.76. The molecule has 0 aliphatic heterocycles. The van der Waals surface area contributed by atoms with Crippen molar-refractivity contribution in [1.82, 2.24) is 0 Å². The molecule has 3 heteroatoms. The Hall–Kier alpha value is -0.770. The van der Waals surface area contributed by atoms with Crippen LogP contribution in [-0.4, -0.2) is 0 Å². The summed E-state index contributed by atoms with van der Waals surface area (Å²) in [4.78, 5) is 2.46. The highest BCUT2D eigenvalue weighted by atomic mass is 79.9. The van der Waals surface area contributed by atoms with Crippen LogP contribution in [0.1, 0.15) is 24.9 Å². The molecule has 0 spiro atoms. The first kappa shape index (κ1) is 13.7. The van der Waals surface area contributed by atoms with E-state index in [9.17, 15) is 0 Å². The summed E-state index contributed by atoms with van der Waals surface area (Å²) < 4.78 is 1.10. The minimum absolute atomic E-state index is 0.112. The highest BCUT2D eigenvalue weighted by molar-refractivity contribution is 9.10. The molecule has 0 aromatic heterocycles. The third-order valence-corrected chi connectivity index (χ3v) is 4.36. The van der Waals surface area contributed by atoms with Gasteiger partial charge in [-0.2, -0.15) is 0 Å². The molecule has 0 unspecified atom stereocenters. The standard InChI is InChI=1S/C15H16BrNS/c1-2-14(17)13-8-3-4-9-15(13)18-12-7-5-6-11(16)10-12/h3-10,14H,2,17H2,1H3/t14-/m0/s1. The fraction of sp³-hybridized carbons (Fsp3) is 0.200. The molecule has 2 rings (SSSR count). The minimum atomic E-state index is 0.112. The van der Waals surface area contributed by atoms with Gasteiger partial charge in [0.2, 0.25) is 0 Å². The van der Waals surface area contributed by atoms with E-state index in [0.29, 0.717) is 0 Å². The predicted molar refractivity (Wildman–Crippen MR) is 81.9 cm³/mol. The zero-order valence-electron chi connectivity index (χ0n) is 10.3. The molecular weight excluding hydrogens is 306 g/mol. The summed E-state index contributed by atoms with van der Waals surface area (Å²) in [6.45, 7) is 2.12. The van der Waals surface area contributed by atoms with Gasteiger partial charge in [-0.05, 0) is 36.2 Å². The summed E-state index contributed by atoms with van der Waals surface area (Å²) >= 11 is 5.26. The van der Waals surface area contributed by atoms with Crippen LogP contribution in [0, 0.1) is 0 Å². The van der Waals surface area contributed by atoms with E-state index in [1.54, 1.807) is 11.8 Å². The van der Waals surface area contributed by atoms with Crippen LogP contribution in [0.5, 0.6) is 0 Å². The van der Waals surface area contributed by atoms with E-state index in [-0.39, 0.29) is 6.04 Å². The van der Waals surface area contributed by atoms with Crippen LogP contribution in [-0.2, 0) is 0 Å². The van der Waals surface area contributed by atoms with Crippen molar-refractivity contribution < 1.29 is 0 Å². The van der Waals surface area contributed by atoms with E-state index in [1.807, 2.05) is 6.07 Å². The largest absolute Gasteiger partial charge is 0.324 e. The van der Waals surface area contributed by atoms with Crippen LogP contribution in [0.15, 0.2) is 62.8 Å². The minimum Gasteiger partial charge on any atom is -0.324 e. The van der Waals surface area contributed by atoms with Gasteiger partial charge in [0.1, 0.15) is 0 Å². The molecule has 0 radical (unpaired) electrons. The summed E-state index contributed by atoms with van der Waals surface area (Å²) in [5.41, 5.74) is 7.38. The quantitative estimate of drug-likeness (QED) is 0.856. The maximum Gasteiger partial charge on any atom is 0.0303 e. The average molecular weight is 322 g/mol. The van der Waals surface area contributed by atoms with E-state index in [0.717, 1.165) is 10.9 Å². The number of nitrogens with two attached hydrogens (primary N) is 1. The lowest BCUT2D eigenvalue weighted by molar-refractivity contribution is 0.685. The number of rotatable bonds is 4. The van der Waals surface area contributed by atoms with Gasteiger partial charge in [0.25, 0.3) is 0 Å². The first-order valence-electron chi connectivity index (χ1n) is 5.98. The van der Waals surface area contributed by atoms with Crippen molar-refractivity contribution in [1.29, 1.82) is 0 Å². The maximum absolute atomic E-state index is 6.16. The molecule has 0 saturated carbocycles. The molecular formula is C15H16BrNS. The van der Waals surface area contributed by atoms with Crippen molar-refractivity contribution in [2.45, 2.75) is 29.2 Å². The van der Waals surface area contributed by atoms with Gasteiger partial charge >= 0.3 is 0 Å². The molecule has 94 valence electrons. The molecule has 0 saturated heterocycles. The Morgan fingerprint density at radius 2 is 1.94 bits per heavy atom.